The maximum absolute atomic E-state index is 11.3. The lowest BCUT2D eigenvalue weighted by molar-refractivity contribution is -0.119. The molecule has 3 nitrogen and oxygen atoms in total. The molecule has 0 aromatic heterocycles. The van der Waals surface area contributed by atoms with Gasteiger partial charge in [-0.2, -0.15) is 0 Å². The van der Waals surface area contributed by atoms with Crippen molar-refractivity contribution in [2.24, 2.45) is 0 Å². The molecule has 3 rings (SSSR count). The lowest BCUT2D eigenvalue weighted by Gasteiger charge is -2.10. The standard InChI is InChI=1S/C17H16N2OS/c1-2-16(20)19-17(21)18-13-7-8-15-12(10-13)9-11-5-3-4-6-14(11)15/h3-8,10H,2,9H2,1H3,(H2,18,19,20,21). The Kier molecular flexibility index (Phi) is 3.71. The van der Waals surface area contributed by atoms with E-state index in [1.54, 1.807) is 6.92 Å². The molecule has 2 aromatic rings. The van der Waals surface area contributed by atoms with Crippen LogP contribution in [0.2, 0.25) is 0 Å². The first kappa shape index (κ1) is 13.8. The van der Waals surface area contributed by atoms with E-state index in [-0.39, 0.29) is 5.91 Å². The summed E-state index contributed by atoms with van der Waals surface area (Å²) in [6.45, 7) is 1.80. The molecule has 106 valence electrons. The quantitative estimate of drug-likeness (QED) is 0.711. The molecule has 0 spiro atoms. The van der Waals surface area contributed by atoms with E-state index < -0.39 is 0 Å². The van der Waals surface area contributed by atoms with Crippen LogP contribution in [0.5, 0.6) is 0 Å². The van der Waals surface area contributed by atoms with Gasteiger partial charge < -0.3 is 10.6 Å². The van der Waals surface area contributed by atoms with Crippen molar-refractivity contribution in [3.8, 4) is 11.1 Å². The number of anilines is 1. The minimum Gasteiger partial charge on any atom is -0.332 e. The molecule has 0 saturated heterocycles. The van der Waals surface area contributed by atoms with Crippen LogP contribution in [0.1, 0.15) is 24.5 Å². The van der Waals surface area contributed by atoms with Gasteiger partial charge >= 0.3 is 0 Å². The van der Waals surface area contributed by atoms with Gasteiger partial charge in [0.15, 0.2) is 5.11 Å². The van der Waals surface area contributed by atoms with Gasteiger partial charge in [-0.1, -0.05) is 37.3 Å². The van der Waals surface area contributed by atoms with Gasteiger partial charge in [0.2, 0.25) is 5.91 Å². The van der Waals surface area contributed by atoms with E-state index in [1.807, 2.05) is 6.07 Å². The second kappa shape index (κ2) is 5.66. The number of nitrogens with one attached hydrogen (secondary N) is 2. The minimum absolute atomic E-state index is 0.0823. The minimum atomic E-state index is -0.0823. The number of carbonyl (C=O) groups is 1. The monoisotopic (exact) mass is 296 g/mol. The van der Waals surface area contributed by atoms with Crippen molar-refractivity contribution < 1.29 is 4.79 Å². The molecule has 1 aliphatic carbocycles. The van der Waals surface area contributed by atoms with Crippen molar-refractivity contribution in [2.75, 3.05) is 5.32 Å². The first-order valence-electron chi connectivity index (χ1n) is 6.99. The van der Waals surface area contributed by atoms with E-state index in [9.17, 15) is 4.79 Å². The highest BCUT2D eigenvalue weighted by atomic mass is 32.1. The van der Waals surface area contributed by atoms with Crippen molar-refractivity contribution in [1.29, 1.82) is 0 Å². The summed E-state index contributed by atoms with van der Waals surface area (Å²) in [5.74, 6) is -0.0823. The summed E-state index contributed by atoms with van der Waals surface area (Å²) in [4.78, 5) is 11.3. The largest absolute Gasteiger partial charge is 0.332 e. The van der Waals surface area contributed by atoms with Gasteiger partial charge in [0, 0.05) is 12.1 Å². The van der Waals surface area contributed by atoms with E-state index in [2.05, 4.69) is 47.0 Å². The molecule has 0 radical (unpaired) electrons. The zero-order chi connectivity index (χ0) is 14.8. The Labute approximate surface area is 129 Å². The van der Waals surface area contributed by atoms with Crippen LogP contribution in [0, 0.1) is 0 Å². The second-order valence-corrected chi connectivity index (χ2v) is 5.47. The molecule has 21 heavy (non-hydrogen) atoms. The molecule has 0 heterocycles. The van der Waals surface area contributed by atoms with Gasteiger partial charge in [-0.25, -0.2) is 0 Å². The zero-order valence-electron chi connectivity index (χ0n) is 11.8. The van der Waals surface area contributed by atoms with E-state index in [1.165, 1.54) is 22.3 Å². The lowest BCUT2D eigenvalue weighted by Crippen LogP contribution is -2.33. The molecule has 2 aromatic carbocycles. The Bertz CT molecular complexity index is 724. The average molecular weight is 296 g/mol. The molecule has 0 fully saturated rings. The molecule has 0 bridgehead atoms. The molecular formula is C17H16N2OS. The molecule has 0 saturated carbocycles. The van der Waals surface area contributed by atoms with Crippen LogP contribution in [0.4, 0.5) is 5.69 Å². The molecule has 0 atom stereocenters. The van der Waals surface area contributed by atoms with Crippen LogP contribution in [-0.4, -0.2) is 11.0 Å². The van der Waals surface area contributed by atoms with Gasteiger partial charge in [-0.15, -0.1) is 0 Å². The van der Waals surface area contributed by atoms with Crippen LogP contribution in [-0.2, 0) is 11.2 Å². The summed E-state index contributed by atoms with van der Waals surface area (Å²) >= 11 is 5.13. The van der Waals surface area contributed by atoms with Crippen molar-refractivity contribution in [1.82, 2.24) is 5.32 Å². The topological polar surface area (TPSA) is 41.1 Å². The number of rotatable bonds is 2. The van der Waals surface area contributed by atoms with Crippen LogP contribution in [0.25, 0.3) is 11.1 Å². The SMILES string of the molecule is CCC(=O)NC(=S)Nc1ccc2c(c1)Cc1ccccc1-2. The van der Waals surface area contributed by atoms with E-state index in [0.717, 1.165) is 12.1 Å². The Morgan fingerprint density at radius 3 is 2.71 bits per heavy atom. The fraction of sp³-hybridized carbons (Fsp3) is 0.176. The number of thiocarbonyl (C=S) groups is 1. The Morgan fingerprint density at radius 1 is 1.14 bits per heavy atom. The maximum Gasteiger partial charge on any atom is 0.225 e. The van der Waals surface area contributed by atoms with E-state index in [0.29, 0.717) is 11.5 Å². The highest BCUT2D eigenvalue weighted by Crippen LogP contribution is 2.37. The third-order valence-corrected chi connectivity index (χ3v) is 3.83. The third kappa shape index (κ3) is 2.81. The summed E-state index contributed by atoms with van der Waals surface area (Å²) in [5.41, 5.74) is 6.13. The predicted molar refractivity (Wildman–Crippen MR) is 89.3 cm³/mol. The number of fused-ring (bicyclic) bond motifs is 3. The molecule has 0 aliphatic heterocycles. The molecule has 2 N–H and O–H groups in total. The molecular weight excluding hydrogens is 280 g/mol. The summed E-state index contributed by atoms with van der Waals surface area (Å²) in [6, 6.07) is 14.6. The third-order valence-electron chi connectivity index (χ3n) is 3.63. The number of carbonyl (C=O) groups excluding carboxylic acids is 1. The fourth-order valence-electron chi connectivity index (χ4n) is 2.60. The molecule has 4 heteroatoms. The number of hydrogen-bond donors (Lipinski definition) is 2. The second-order valence-electron chi connectivity index (χ2n) is 5.06. The Morgan fingerprint density at radius 2 is 1.90 bits per heavy atom. The van der Waals surface area contributed by atoms with Crippen LogP contribution in [0.3, 0.4) is 0 Å². The van der Waals surface area contributed by atoms with Crippen molar-refractivity contribution >= 4 is 28.9 Å². The number of benzene rings is 2. The Hall–Kier alpha value is -2.20. The van der Waals surface area contributed by atoms with Crippen molar-refractivity contribution in [3.63, 3.8) is 0 Å². The maximum atomic E-state index is 11.3. The Balaban J connectivity index is 1.78. The molecule has 0 unspecified atom stereocenters. The average Bonchev–Trinajstić information content (AvgIpc) is 2.84. The van der Waals surface area contributed by atoms with Gasteiger partial charge in [-0.05, 0) is 53.0 Å². The summed E-state index contributed by atoms with van der Waals surface area (Å²) in [7, 11) is 0. The predicted octanol–water partition coefficient (Wildman–Crippen LogP) is 3.48. The smallest absolute Gasteiger partial charge is 0.225 e. The normalized spacial score (nSPS) is 11.5. The molecule has 1 aliphatic rings. The van der Waals surface area contributed by atoms with Gasteiger partial charge in [0.05, 0.1) is 0 Å². The van der Waals surface area contributed by atoms with Gasteiger partial charge in [-0.3, -0.25) is 4.79 Å². The van der Waals surface area contributed by atoms with Gasteiger partial charge in [0.25, 0.3) is 0 Å². The highest BCUT2D eigenvalue weighted by Gasteiger charge is 2.17. The summed E-state index contributed by atoms with van der Waals surface area (Å²) in [5, 5.41) is 6.05. The van der Waals surface area contributed by atoms with E-state index in [4.69, 9.17) is 12.2 Å². The molecule has 1 amide bonds. The van der Waals surface area contributed by atoms with Crippen molar-refractivity contribution in [3.05, 3.63) is 53.6 Å². The number of hydrogen-bond acceptors (Lipinski definition) is 2. The zero-order valence-corrected chi connectivity index (χ0v) is 12.6. The van der Waals surface area contributed by atoms with Crippen molar-refractivity contribution in [2.45, 2.75) is 19.8 Å². The van der Waals surface area contributed by atoms with Crippen LogP contribution in [0.15, 0.2) is 42.5 Å². The number of amides is 1. The van der Waals surface area contributed by atoms with Crippen LogP contribution >= 0.6 is 12.2 Å². The fourth-order valence-corrected chi connectivity index (χ4v) is 2.83. The summed E-state index contributed by atoms with van der Waals surface area (Å²) < 4.78 is 0. The summed E-state index contributed by atoms with van der Waals surface area (Å²) in [6.07, 6.45) is 1.36. The van der Waals surface area contributed by atoms with Crippen LogP contribution < -0.4 is 10.6 Å². The lowest BCUT2D eigenvalue weighted by atomic mass is 10.1. The van der Waals surface area contributed by atoms with E-state index >= 15 is 0 Å². The van der Waals surface area contributed by atoms with Gasteiger partial charge in [0.1, 0.15) is 0 Å². The first-order valence-corrected chi connectivity index (χ1v) is 7.40. The highest BCUT2D eigenvalue weighted by molar-refractivity contribution is 7.80. The first-order chi connectivity index (χ1) is 10.2.